The van der Waals surface area contributed by atoms with Crippen LogP contribution in [0.25, 0.3) is 5.76 Å². The topological polar surface area (TPSA) is 79.3 Å². The minimum Gasteiger partial charge on any atom is -0.507 e. The molecule has 8 heteroatoms. The summed E-state index contributed by atoms with van der Waals surface area (Å²) < 4.78 is 10.6. The standard InChI is InChI=1S/C24H27ClN2O5/c1-26(2)11-6-12-27-21(15-7-5-8-17(25)13-15)20(23(29)24(27)30)22(28)16-9-10-18(31-3)19(14-16)32-4/h5,7-10,13-14,21,28H,6,11-12H2,1-4H3/b22-20+/t21-/m0/s1. The van der Waals surface area contributed by atoms with Crippen LogP contribution in [0.5, 0.6) is 11.5 Å². The number of methoxy groups -OCH3 is 2. The Morgan fingerprint density at radius 3 is 2.44 bits per heavy atom. The summed E-state index contributed by atoms with van der Waals surface area (Å²) in [7, 11) is 6.88. The third-order valence-corrected chi connectivity index (χ3v) is 5.60. The number of aliphatic hydroxyl groups excluding tert-OH is 1. The van der Waals surface area contributed by atoms with Gasteiger partial charge in [0, 0.05) is 17.1 Å². The molecule has 1 N–H and O–H groups in total. The first-order valence-electron chi connectivity index (χ1n) is 10.2. The number of carbonyl (C=O) groups excluding carboxylic acids is 2. The van der Waals surface area contributed by atoms with Crippen LogP contribution in [0.3, 0.4) is 0 Å². The lowest BCUT2D eigenvalue weighted by atomic mass is 9.95. The molecule has 32 heavy (non-hydrogen) atoms. The third-order valence-electron chi connectivity index (χ3n) is 5.37. The van der Waals surface area contributed by atoms with Crippen LogP contribution in [-0.2, 0) is 9.59 Å². The number of nitrogens with zero attached hydrogens (tertiary/aromatic N) is 2. The zero-order chi connectivity index (χ0) is 23.4. The fourth-order valence-electron chi connectivity index (χ4n) is 3.83. The SMILES string of the molecule is COc1ccc(/C(O)=C2\C(=O)C(=O)N(CCCN(C)C)[C@H]2c2cccc(Cl)c2)cc1OC. The second kappa shape index (κ2) is 10.1. The zero-order valence-corrected chi connectivity index (χ0v) is 19.3. The van der Waals surface area contributed by atoms with Gasteiger partial charge in [-0.1, -0.05) is 23.7 Å². The van der Waals surface area contributed by atoms with E-state index in [1.165, 1.54) is 19.1 Å². The third kappa shape index (κ3) is 4.74. The Balaban J connectivity index is 2.12. The zero-order valence-electron chi connectivity index (χ0n) is 18.6. The van der Waals surface area contributed by atoms with Gasteiger partial charge in [-0.25, -0.2) is 0 Å². The molecule has 7 nitrogen and oxygen atoms in total. The van der Waals surface area contributed by atoms with Crippen molar-refractivity contribution in [1.82, 2.24) is 9.80 Å². The number of benzene rings is 2. The number of rotatable bonds is 8. The number of ether oxygens (including phenoxy) is 2. The van der Waals surface area contributed by atoms with Crippen LogP contribution in [0, 0.1) is 0 Å². The molecule has 1 aliphatic rings. The molecule has 0 spiro atoms. The number of hydrogen-bond acceptors (Lipinski definition) is 6. The first-order chi connectivity index (χ1) is 15.3. The summed E-state index contributed by atoms with van der Waals surface area (Å²) in [5.41, 5.74) is 1.03. The Morgan fingerprint density at radius 2 is 1.81 bits per heavy atom. The van der Waals surface area contributed by atoms with E-state index in [0.29, 0.717) is 40.6 Å². The Bertz CT molecular complexity index is 1050. The van der Waals surface area contributed by atoms with E-state index in [1.54, 1.807) is 42.5 Å². The second-order valence-corrected chi connectivity index (χ2v) is 8.21. The van der Waals surface area contributed by atoms with Gasteiger partial charge in [0.15, 0.2) is 11.5 Å². The van der Waals surface area contributed by atoms with Crippen molar-refractivity contribution in [3.63, 3.8) is 0 Å². The number of ketones is 1. The molecule has 1 amide bonds. The molecular weight excluding hydrogens is 432 g/mol. The number of Topliss-reactive ketones (excluding diaryl/α,β-unsaturated/α-hetero) is 1. The van der Waals surface area contributed by atoms with E-state index in [1.807, 2.05) is 19.0 Å². The van der Waals surface area contributed by atoms with E-state index in [-0.39, 0.29) is 11.3 Å². The van der Waals surface area contributed by atoms with Gasteiger partial charge in [0.2, 0.25) is 0 Å². The predicted octanol–water partition coefficient (Wildman–Crippen LogP) is 3.73. The van der Waals surface area contributed by atoms with Crippen molar-refractivity contribution < 1.29 is 24.2 Å². The lowest BCUT2D eigenvalue weighted by molar-refractivity contribution is -0.139. The van der Waals surface area contributed by atoms with Crippen molar-refractivity contribution >= 4 is 29.1 Å². The number of amides is 1. The van der Waals surface area contributed by atoms with Gasteiger partial charge in [0.25, 0.3) is 11.7 Å². The molecule has 1 aliphatic heterocycles. The molecule has 2 aromatic carbocycles. The molecule has 0 saturated carbocycles. The molecule has 1 atom stereocenters. The smallest absolute Gasteiger partial charge is 0.295 e. The second-order valence-electron chi connectivity index (χ2n) is 7.77. The summed E-state index contributed by atoms with van der Waals surface area (Å²) in [5, 5.41) is 11.6. The largest absolute Gasteiger partial charge is 0.507 e. The van der Waals surface area contributed by atoms with Crippen molar-refractivity contribution in [2.45, 2.75) is 12.5 Å². The molecule has 2 aromatic rings. The van der Waals surface area contributed by atoms with Crippen molar-refractivity contribution in [2.24, 2.45) is 0 Å². The number of halogens is 1. The van der Waals surface area contributed by atoms with E-state index < -0.39 is 17.7 Å². The summed E-state index contributed by atoms with van der Waals surface area (Å²) in [6, 6.07) is 11.1. The molecule has 1 heterocycles. The lowest BCUT2D eigenvalue weighted by Gasteiger charge is -2.26. The van der Waals surface area contributed by atoms with E-state index in [4.69, 9.17) is 21.1 Å². The minimum atomic E-state index is -0.746. The van der Waals surface area contributed by atoms with Gasteiger partial charge in [0.05, 0.1) is 25.8 Å². The highest BCUT2D eigenvalue weighted by atomic mass is 35.5. The molecule has 1 saturated heterocycles. The fraction of sp³-hybridized carbons (Fsp3) is 0.333. The summed E-state index contributed by atoms with van der Waals surface area (Å²) in [4.78, 5) is 29.5. The average molecular weight is 459 g/mol. The van der Waals surface area contributed by atoms with Gasteiger partial charge in [0.1, 0.15) is 5.76 Å². The quantitative estimate of drug-likeness (QED) is 0.369. The van der Waals surface area contributed by atoms with Crippen molar-refractivity contribution in [2.75, 3.05) is 41.4 Å². The van der Waals surface area contributed by atoms with E-state index >= 15 is 0 Å². The van der Waals surface area contributed by atoms with Crippen LogP contribution in [0.2, 0.25) is 5.02 Å². The molecule has 0 bridgehead atoms. The highest BCUT2D eigenvalue weighted by Crippen LogP contribution is 2.41. The summed E-state index contributed by atoms with van der Waals surface area (Å²) in [6.45, 7) is 1.11. The molecular formula is C24H27ClN2O5. The van der Waals surface area contributed by atoms with Crippen LogP contribution < -0.4 is 9.47 Å². The molecule has 0 aliphatic carbocycles. The van der Waals surface area contributed by atoms with Gasteiger partial charge < -0.3 is 24.4 Å². The van der Waals surface area contributed by atoms with Gasteiger partial charge in [-0.2, -0.15) is 0 Å². The molecule has 3 rings (SSSR count). The van der Waals surface area contributed by atoms with Gasteiger partial charge in [-0.3, -0.25) is 9.59 Å². The first kappa shape index (κ1) is 23.6. The average Bonchev–Trinajstić information content (AvgIpc) is 3.02. The number of likely N-dealkylation sites (tertiary alicyclic amines) is 1. The molecule has 1 fully saturated rings. The van der Waals surface area contributed by atoms with Gasteiger partial charge >= 0.3 is 0 Å². The number of aliphatic hydroxyl groups is 1. The minimum absolute atomic E-state index is 0.0225. The Kier molecular flexibility index (Phi) is 7.43. The summed E-state index contributed by atoms with van der Waals surface area (Å²) in [6.07, 6.45) is 0.674. The Labute approximate surface area is 192 Å². The monoisotopic (exact) mass is 458 g/mol. The van der Waals surface area contributed by atoms with Crippen LogP contribution in [0.1, 0.15) is 23.6 Å². The number of carbonyl (C=O) groups is 2. The highest BCUT2D eigenvalue weighted by Gasteiger charge is 2.45. The van der Waals surface area contributed by atoms with Crippen molar-refractivity contribution in [3.8, 4) is 11.5 Å². The first-order valence-corrected chi connectivity index (χ1v) is 10.6. The van der Waals surface area contributed by atoms with E-state index in [2.05, 4.69) is 0 Å². The van der Waals surface area contributed by atoms with E-state index in [9.17, 15) is 14.7 Å². The van der Waals surface area contributed by atoms with Crippen LogP contribution >= 0.6 is 11.6 Å². The molecule has 0 radical (unpaired) electrons. The van der Waals surface area contributed by atoms with Crippen LogP contribution in [0.15, 0.2) is 48.0 Å². The molecule has 0 unspecified atom stereocenters. The lowest BCUT2D eigenvalue weighted by Crippen LogP contribution is -2.32. The summed E-state index contributed by atoms with van der Waals surface area (Å²) in [5.74, 6) is -0.761. The fourth-order valence-corrected chi connectivity index (χ4v) is 4.03. The predicted molar refractivity (Wildman–Crippen MR) is 123 cm³/mol. The Morgan fingerprint density at radius 1 is 1.09 bits per heavy atom. The van der Waals surface area contributed by atoms with Crippen molar-refractivity contribution in [1.29, 1.82) is 0 Å². The molecule has 0 aromatic heterocycles. The maximum atomic E-state index is 13.1. The van der Waals surface area contributed by atoms with Crippen LogP contribution in [-0.4, -0.2) is 68.0 Å². The maximum absolute atomic E-state index is 13.1. The highest BCUT2D eigenvalue weighted by molar-refractivity contribution is 6.46. The molecule has 170 valence electrons. The van der Waals surface area contributed by atoms with Gasteiger partial charge in [-0.15, -0.1) is 0 Å². The maximum Gasteiger partial charge on any atom is 0.295 e. The number of hydrogen-bond donors (Lipinski definition) is 1. The van der Waals surface area contributed by atoms with Gasteiger partial charge in [-0.05, 0) is 63.0 Å². The Hall–Kier alpha value is -3.03. The normalized spacial score (nSPS) is 17.8. The van der Waals surface area contributed by atoms with Crippen LogP contribution in [0.4, 0.5) is 0 Å². The summed E-state index contributed by atoms with van der Waals surface area (Å²) >= 11 is 6.20. The van der Waals surface area contributed by atoms with Crippen molar-refractivity contribution in [3.05, 3.63) is 64.2 Å². The van der Waals surface area contributed by atoms with E-state index in [0.717, 1.165) is 6.54 Å².